The van der Waals surface area contributed by atoms with E-state index >= 15 is 0 Å². The number of aryl methyl sites for hydroxylation is 1. The van der Waals surface area contributed by atoms with Gasteiger partial charge in [0.1, 0.15) is 11.3 Å². The molecule has 7 nitrogen and oxygen atoms in total. The lowest BCUT2D eigenvalue weighted by atomic mass is 10.1. The molecule has 1 N–H and O–H groups in total. The fourth-order valence-electron chi connectivity index (χ4n) is 2.51. The normalized spacial score (nSPS) is 10.6. The van der Waals surface area contributed by atoms with Crippen molar-refractivity contribution in [3.63, 3.8) is 0 Å². The van der Waals surface area contributed by atoms with Gasteiger partial charge in [0.25, 0.3) is 0 Å². The number of methoxy groups -OCH3 is 2. The van der Waals surface area contributed by atoms with E-state index < -0.39 is 5.97 Å². The summed E-state index contributed by atoms with van der Waals surface area (Å²) in [7, 11) is 4.74. The zero-order chi connectivity index (χ0) is 17.3. The summed E-state index contributed by atoms with van der Waals surface area (Å²) in [6, 6.07) is 10.4. The van der Waals surface area contributed by atoms with Crippen molar-refractivity contribution in [2.75, 3.05) is 14.2 Å². The molecule has 0 bridgehead atoms. The molecule has 0 aliphatic rings. The Labute approximate surface area is 138 Å². The molecule has 0 spiro atoms. The van der Waals surface area contributed by atoms with Crippen LogP contribution in [0.15, 0.2) is 36.4 Å². The Morgan fingerprint density at radius 3 is 2.33 bits per heavy atom. The zero-order valence-electron chi connectivity index (χ0n) is 13.4. The van der Waals surface area contributed by atoms with Crippen molar-refractivity contribution in [2.45, 2.75) is 0 Å². The van der Waals surface area contributed by atoms with E-state index in [2.05, 4.69) is 4.98 Å². The topological polar surface area (TPSA) is 82.8 Å². The smallest absolute Gasteiger partial charge is 0.337 e. The van der Waals surface area contributed by atoms with Crippen molar-refractivity contribution in [1.29, 1.82) is 0 Å². The quantitative estimate of drug-likeness (QED) is 0.775. The first-order valence-electron chi connectivity index (χ1n) is 7.14. The van der Waals surface area contributed by atoms with Crippen molar-refractivity contribution in [3.05, 3.63) is 42.0 Å². The summed E-state index contributed by atoms with van der Waals surface area (Å²) in [6.07, 6.45) is 0. The van der Waals surface area contributed by atoms with Gasteiger partial charge >= 0.3 is 12.0 Å². The molecule has 2 aromatic carbocycles. The largest absolute Gasteiger partial charge is 0.494 e. The van der Waals surface area contributed by atoms with Gasteiger partial charge in [-0.1, -0.05) is 12.1 Å². The van der Waals surface area contributed by atoms with Gasteiger partial charge in [-0.05, 0) is 24.3 Å². The average molecular weight is 328 g/mol. The van der Waals surface area contributed by atoms with Crippen molar-refractivity contribution in [3.8, 4) is 23.3 Å². The summed E-state index contributed by atoms with van der Waals surface area (Å²) in [5.41, 5.74) is 0.965. The maximum Gasteiger partial charge on any atom is 0.337 e. The molecule has 24 heavy (non-hydrogen) atoms. The Balaban J connectivity index is 2.18. The monoisotopic (exact) mass is 328 g/mol. The van der Waals surface area contributed by atoms with Crippen LogP contribution in [0, 0.1) is 0 Å². The maximum atomic E-state index is 11.5. The highest BCUT2D eigenvalue weighted by Crippen LogP contribution is 2.35. The Morgan fingerprint density at radius 2 is 1.71 bits per heavy atom. The van der Waals surface area contributed by atoms with Crippen molar-refractivity contribution < 1.29 is 24.1 Å². The third-order valence-corrected chi connectivity index (χ3v) is 3.66. The minimum absolute atomic E-state index is 0.121. The van der Waals surface area contributed by atoms with E-state index in [0.29, 0.717) is 28.3 Å². The summed E-state index contributed by atoms with van der Waals surface area (Å²) in [5.74, 6) is 0.458. The fourth-order valence-corrected chi connectivity index (χ4v) is 2.51. The number of benzene rings is 2. The number of carbonyl (C=O) groups is 1. The number of rotatable bonds is 5. The van der Waals surface area contributed by atoms with E-state index in [0.717, 1.165) is 0 Å². The molecule has 0 aliphatic heterocycles. The van der Waals surface area contributed by atoms with E-state index in [1.54, 1.807) is 36.9 Å². The maximum absolute atomic E-state index is 11.5. The van der Waals surface area contributed by atoms with Gasteiger partial charge in [0.05, 0.1) is 25.3 Å². The number of para-hydroxylation sites is 2. The van der Waals surface area contributed by atoms with Gasteiger partial charge in [-0.25, -0.2) is 4.79 Å². The molecule has 0 aliphatic carbocycles. The van der Waals surface area contributed by atoms with Crippen LogP contribution in [-0.4, -0.2) is 34.8 Å². The van der Waals surface area contributed by atoms with Gasteiger partial charge < -0.3 is 19.3 Å². The van der Waals surface area contributed by atoms with E-state index in [1.807, 2.05) is 12.1 Å². The highest BCUT2D eigenvalue weighted by Gasteiger charge is 2.21. The minimum Gasteiger partial charge on any atom is -0.494 e. The molecule has 1 heterocycles. The predicted molar refractivity (Wildman–Crippen MR) is 87.3 cm³/mol. The number of carboxylic acids is 1. The van der Waals surface area contributed by atoms with Gasteiger partial charge in [-0.3, -0.25) is 4.57 Å². The molecule has 0 atom stereocenters. The summed E-state index contributed by atoms with van der Waals surface area (Å²) in [5, 5.41) is 9.41. The lowest BCUT2D eigenvalue weighted by Gasteiger charge is -2.09. The molecule has 0 unspecified atom stereocenters. The number of hydrogen-bond donors (Lipinski definition) is 1. The second-order valence-corrected chi connectivity index (χ2v) is 5.02. The van der Waals surface area contributed by atoms with Crippen LogP contribution in [0.25, 0.3) is 11.0 Å². The first-order chi connectivity index (χ1) is 11.6. The van der Waals surface area contributed by atoms with E-state index in [9.17, 15) is 9.90 Å². The van der Waals surface area contributed by atoms with E-state index in [4.69, 9.17) is 14.2 Å². The number of imidazole rings is 1. The van der Waals surface area contributed by atoms with E-state index in [1.165, 1.54) is 13.2 Å². The Morgan fingerprint density at radius 1 is 1.04 bits per heavy atom. The highest BCUT2D eigenvalue weighted by molar-refractivity contribution is 6.03. The van der Waals surface area contributed by atoms with Crippen LogP contribution in [0.2, 0.25) is 0 Å². The minimum atomic E-state index is -1.05. The van der Waals surface area contributed by atoms with Crippen LogP contribution in [0.3, 0.4) is 0 Å². The number of nitrogens with zero attached hydrogens (tertiary/aromatic N) is 2. The molecular formula is C17H16N2O5. The van der Waals surface area contributed by atoms with Crippen LogP contribution in [0.5, 0.6) is 23.3 Å². The molecule has 0 saturated carbocycles. The standard InChI is InChI=1S/C17H16N2O5/c1-19-15-10(16(20)21)8-9-13(23-3)14(15)18-17(19)24-12-7-5-4-6-11(12)22-2/h4-9H,1-3H3,(H,20,21). The number of carboxylic acid groups (broad SMARTS) is 1. The molecule has 3 rings (SSSR count). The number of aromatic carboxylic acids is 1. The van der Waals surface area contributed by atoms with Crippen LogP contribution in [0.4, 0.5) is 0 Å². The number of fused-ring (bicyclic) bond motifs is 1. The van der Waals surface area contributed by atoms with Crippen molar-refractivity contribution in [2.24, 2.45) is 7.05 Å². The summed E-state index contributed by atoms with van der Waals surface area (Å²) in [4.78, 5) is 15.9. The van der Waals surface area contributed by atoms with Gasteiger partial charge in [0.15, 0.2) is 11.5 Å². The number of hydrogen-bond acceptors (Lipinski definition) is 5. The van der Waals surface area contributed by atoms with Gasteiger partial charge in [-0.2, -0.15) is 4.98 Å². The van der Waals surface area contributed by atoms with Crippen LogP contribution in [-0.2, 0) is 7.05 Å². The summed E-state index contributed by atoms with van der Waals surface area (Å²) < 4.78 is 17.9. The lowest BCUT2D eigenvalue weighted by molar-refractivity contribution is 0.0698. The second-order valence-electron chi connectivity index (χ2n) is 5.02. The van der Waals surface area contributed by atoms with Crippen LogP contribution in [0.1, 0.15) is 10.4 Å². The molecular weight excluding hydrogens is 312 g/mol. The van der Waals surface area contributed by atoms with Gasteiger partial charge in [0.2, 0.25) is 0 Å². The van der Waals surface area contributed by atoms with Crippen molar-refractivity contribution in [1.82, 2.24) is 9.55 Å². The Bertz CT molecular complexity index is 917. The lowest BCUT2D eigenvalue weighted by Crippen LogP contribution is -2.02. The Hall–Kier alpha value is -3.22. The van der Waals surface area contributed by atoms with Crippen LogP contribution < -0.4 is 14.2 Å². The Kier molecular flexibility index (Phi) is 3.99. The molecule has 1 aromatic heterocycles. The molecule has 124 valence electrons. The van der Waals surface area contributed by atoms with Crippen molar-refractivity contribution >= 4 is 17.0 Å². The predicted octanol–water partition coefficient (Wildman–Crippen LogP) is 3.08. The fraction of sp³-hybridized carbons (Fsp3) is 0.176. The SMILES string of the molecule is COc1ccccc1Oc1nc2c(OC)ccc(C(=O)O)c2n1C. The molecule has 0 amide bonds. The van der Waals surface area contributed by atoms with Crippen LogP contribution >= 0.6 is 0 Å². The first kappa shape index (κ1) is 15.7. The molecule has 0 saturated heterocycles. The number of aromatic nitrogens is 2. The third-order valence-electron chi connectivity index (χ3n) is 3.66. The molecule has 0 fully saturated rings. The molecule has 7 heteroatoms. The molecule has 0 radical (unpaired) electrons. The zero-order valence-corrected chi connectivity index (χ0v) is 13.4. The second kappa shape index (κ2) is 6.11. The summed E-state index contributed by atoms with van der Waals surface area (Å²) in [6.45, 7) is 0. The van der Waals surface area contributed by atoms with Gasteiger partial charge in [0, 0.05) is 7.05 Å². The third kappa shape index (κ3) is 2.50. The van der Waals surface area contributed by atoms with Gasteiger partial charge in [-0.15, -0.1) is 0 Å². The van der Waals surface area contributed by atoms with E-state index in [-0.39, 0.29) is 11.6 Å². The highest BCUT2D eigenvalue weighted by atomic mass is 16.5. The summed E-state index contributed by atoms with van der Waals surface area (Å²) >= 11 is 0. The first-order valence-corrected chi connectivity index (χ1v) is 7.14. The average Bonchev–Trinajstić information content (AvgIpc) is 2.91. The molecule has 3 aromatic rings. The number of ether oxygens (including phenoxy) is 3.